The van der Waals surface area contributed by atoms with E-state index in [1.807, 2.05) is 0 Å². The number of β-lactam (4-membered cyclic amide) rings is 1. The number of carbonyl (C=O) groups is 3. The Bertz CT molecular complexity index is 1160. The first-order valence-electron chi connectivity index (χ1n) is 12.7. The third-order valence-electron chi connectivity index (χ3n) is 7.30. The van der Waals surface area contributed by atoms with E-state index in [0.29, 0.717) is 41.8 Å². The van der Waals surface area contributed by atoms with Crippen LogP contribution in [0.4, 0.5) is 29.5 Å². The molecule has 3 atom stereocenters. The number of nitrogen functional groups attached to an aromatic ring is 1. The van der Waals surface area contributed by atoms with Crippen LogP contribution in [0.25, 0.3) is 0 Å². The summed E-state index contributed by atoms with van der Waals surface area (Å²) >= 11 is 0. The number of nitrogens with one attached hydrogen (secondary N) is 1. The van der Waals surface area contributed by atoms with E-state index in [-0.39, 0.29) is 18.8 Å². The van der Waals surface area contributed by atoms with Gasteiger partial charge in [0.2, 0.25) is 5.91 Å². The topological polar surface area (TPSA) is 122 Å². The standard InChI is InChI=1S/C26H31F3N6O3/c1-2-34(18-9-11-31-12-10-18)24(37)21-19(14-16-8-13-32-20(30)15-16)23(36)35(21)25(38)33-22(26(27,28)29)17-6-4-3-5-7-17/h8-13,15,17,19,21-22H,2-7,14H2,1H3,(H2,30,32)(H,33,38)/t19-,21+,22?/m1/s1. The van der Waals surface area contributed by atoms with Gasteiger partial charge in [-0.3, -0.25) is 19.5 Å². The van der Waals surface area contributed by atoms with Crippen molar-refractivity contribution in [2.75, 3.05) is 17.2 Å². The number of imide groups is 1. The third kappa shape index (κ3) is 5.73. The molecule has 0 aromatic carbocycles. The Morgan fingerprint density at radius 1 is 1.16 bits per heavy atom. The van der Waals surface area contributed by atoms with E-state index in [0.717, 1.165) is 6.42 Å². The molecule has 1 aliphatic heterocycles. The van der Waals surface area contributed by atoms with Crippen molar-refractivity contribution in [1.29, 1.82) is 0 Å². The van der Waals surface area contributed by atoms with E-state index >= 15 is 0 Å². The fraction of sp³-hybridized carbons (Fsp3) is 0.500. The van der Waals surface area contributed by atoms with Gasteiger partial charge in [-0.15, -0.1) is 0 Å². The van der Waals surface area contributed by atoms with Crippen molar-refractivity contribution < 1.29 is 27.6 Å². The van der Waals surface area contributed by atoms with Crippen molar-refractivity contribution in [3.05, 3.63) is 48.4 Å². The van der Waals surface area contributed by atoms with Gasteiger partial charge in [0, 0.05) is 30.8 Å². The number of carbonyl (C=O) groups excluding carboxylic acids is 3. The van der Waals surface area contributed by atoms with Gasteiger partial charge in [0.25, 0.3) is 5.91 Å². The summed E-state index contributed by atoms with van der Waals surface area (Å²) in [5.74, 6) is -2.80. The molecule has 1 saturated carbocycles. The summed E-state index contributed by atoms with van der Waals surface area (Å²) in [5.41, 5.74) is 6.87. The summed E-state index contributed by atoms with van der Waals surface area (Å²) in [7, 11) is 0. The van der Waals surface area contributed by atoms with Gasteiger partial charge in [0.15, 0.2) is 0 Å². The van der Waals surface area contributed by atoms with Crippen molar-refractivity contribution >= 4 is 29.4 Å². The molecule has 4 amide bonds. The predicted molar refractivity (Wildman–Crippen MR) is 134 cm³/mol. The highest BCUT2D eigenvalue weighted by molar-refractivity contribution is 6.12. The van der Waals surface area contributed by atoms with Crippen LogP contribution >= 0.6 is 0 Å². The number of likely N-dealkylation sites (N-methyl/N-ethyl adjacent to an activating group) is 1. The summed E-state index contributed by atoms with van der Waals surface area (Å²) in [5, 5.41) is 2.06. The number of hydrogen-bond acceptors (Lipinski definition) is 6. The average molecular weight is 533 g/mol. The maximum atomic E-state index is 14.0. The zero-order valence-corrected chi connectivity index (χ0v) is 21.0. The zero-order chi connectivity index (χ0) is 27.4. The summed E-state index contributed by atoms with van der Waals surface area (Å²) in [6.45, 7) is 1.94. The van der Waals surface area contributed by atoms with Crippen LogP contribution in [0.2, 0.25) is 0 Å². The molecule has 38 heavy (non-hydrogen) atoms. The van der Waals surface area contributed by atoms with Gasteiger partial charge >= 0.3 is 12.2 Å². The number of rotatable bonds is 7. The molecule has 0 radical (unpaired) electrons. The highest BCUT2D eigenvalue weighted by Gasteiger charge is 2.57. The van der Waals surface area contributed by atoms with Crippen LogP contribution in [-0.4, -0.2) is 57.5 Å². The maximum Gasteiger partial charge on any atom is 0.408 e. The molecular formula is C26H31F3N6O3. The number of nitrogens with zero attached hydrogens (tertiary/aromatic N) is 4. The fourth-order valence-electron chi connectivity index (χ4n) is 5.42. The number of alkyl halides is 3. The number of anilines is 2. The fourth-order valence-corrected chi connectivity index (χ4v) is 5.42. The highest BCUT2D eigenvalue weighted by Crippen LogP contribution is 2.37. The van der Waals surface area contributed by atoms with E-state index in [1.54, 1.807) is 31.2 Å². The number of urea groups is 1. The minimum atomic E-state index is -4.69. The minimum absolute atomic E-state index is 0.0744. The Morgan fingerprint density at radius 2 is 1.84 bits per heavy atom. The van der Waals surface area contributed by atoms with Crippen LogP contribution in [-0.2, 0) is 16.0 Å². The number of pyridine rings is 2. The predicted octanol–water partition coefficient (Wildman–Crippen LogP) is 3.70. The minimum Gasteiger partial charge on any atom is -0.384 e. The second kappa shape index (κ2) is 11.4. The first-order valence-corrected chi connectivity index (χ1v) is 12.7. The van der Waals surface area contributed by atoms with Gasteiger partial charge in [-0.1, -0.05) is 19.3 Å². The molecule has 12 heteroatoms. The number of likely N-dealkylation sites (tertiary alicyclic amines) is 1. The van der Waals surface area contributed by atoms with Gasteiger partial charge in [0.1, 0.15) is 17.9 Å². The smallest absolute Gasteiger partial charge is 0.384 e. The summed E-state index contributed by atoms with van der Waals surface area (Å²) in [4.78, 5) is 50.1. The third-order valence-corrected chi connectivity index (χ3v) is 7.30. The molecule has 2 fully saturated rings. The van der Waals surface area contributed by atoms with Crippen molar-refractivity contribution in [2.45, 2.75) is 63.7 Å². The average Bonchev–Trinajstić information content (AvgIpc) is 2.89. The lowest BCUT2D eigenvalue weighted by atomic mass is 9.81. The Morgan fingerprint density at radius 3 is 2.45 bits per heavy atom. The molecule has 0 bridgehead atoms. The Hall–Kier alpha value is -3.70. The van der Waals surface area contributed by atoms with E-state index in [1.165, 1.54) is 23.5 Å². The van der Waals surface area contributed by atoms with Crippen LogP contribution in [0.5, 0.6) is 0 Å². The van der Waals surface area contributed by atoms with Gasteiger partial charge in [-0.05, 0) is 61.9 Å². The van der Waals surface area contributed by atoms with E-state index in [9.17, 15) is 27.6 Å². The number of amides is 4. The Kier molecular flexibility index (Phi) is 8.17. The Labute approximate surface area is 218 Å². The molecule has 1 aliphatic carbocycles. The van der Waals surface area contributed by atoms with Gasteiger partial charge in [-0.25, -0.2) is 9.78 Å². The lowest BCUT2D eigenvalue weighted by Crippen LogP contribution is -2.72. The molecule has 2 aromatic heterocycles. The van der Waals surface area contributed by atoms with Crippen molar-refractivity contribution in [1.82, 2.24) is 20.2 Å². The van der Waals surface area contributed by atoms with Crippen molar-refractivity contribution in [3.8, 4) is 0 Å². The zero-order valence-electron chi connectivity index (χ0n) is 21.0. The van der Waals surface area contributed by atoms with Crippen molar-refractivity contribution in [3.63, 3.8) is 0 Å². The number of hydrogen-bond donors (Lipinski definition) is 2. The van der Waals surface area contributed by atoms with Gasteiger partial charge in [0.05, 0.1) is 5.92 Å². The largest absolute Gasteiger partial charge is 0.408 e. The monoisotopic (exact) mass is 532 g/mol. The summed E-state index contributed by atoms with van der Waals surface area (Å²) in [6.07, 6.45) is 2.64. The number of aromatic nitrogens is 2. The van der Waals surface area contributed by atoms with Gasteiger partial charge in [-0.2, -0.15) is 13.2 Å². The molecule has 3 N–H and O–H groups in total. The van der Waals surface area contributed by atoms with Gasteiger partial charge < -0.3 is 16.0 Å². The number of halogens is 3. The van der Waals surface area contributed by atoms with Crippen LogP contribution in [0.15, 0.2) is 42.9 Å². The molecule has 204 valence electrons. The molecule has 9 nitrogen and oxygen atoms in total. The molecule has 3 heterocycles. The molecule has 0 spiro atoms. The molecule has 1 saturated heterocycles. The highest BCUT2D eigenvalue weighted by atomic mass is 19.4. The molecule has 1 unspecified atom stereocenters. The van der Waals surface area contributed by atoms with Crippen LogP contribution in [0, 0.1) is 11.8 Å². The van der Waals surface area contributed by atoms with Crippen LogP contribution < -0.4 is 16.0 Å². The molecular weight excluding hydrogens is 501 g/mol. The summed E-state index contributed by atoms with van der Waals surface area (Å²) in [6, 6.07) is 1.81. The SMILES string of the molecule is CCN(C(=O)[C@@H]1[C@@H](Cc2ccnc(N)c2)C(=O)N1C(=O)NC(C1CCCCC1)C(F)(F)F)c1ccncc1. The molecule has 2 aliphatic rings. The number of nitrogens with two attached hydrogens (primary N) is 1. The summed E-state index contributed by atoms with van der Waals surface area (Å²) < 4.78 is 42.0. The molecule has 2 aromatic rings. The van der Waals surface area contributed by atoms with E-state index < -0.39 is 47.9 Å². The quantitative estimate of drug-likeness (QED) is 0.525. The van der Waals surface area contributed by atoms with E-state index in [4.69, 9.17) is 5.73 Å². The van der Waals surface area contributed by atoms with Crippen LogP contribution in [0.3, 0.4) is 0 Å². The first-order chi connectivity index (χ1) is 18.1. The normalized spacial score (nSPS) is 20.9. The second-order valence-corrected chi connectivity index (χ2v) is 9.71. The maximum absolute atomic E-state index is 14.0. The lowest BCUT2D eigenvalue weighted by Gasteiger charge is -2.46. The van der Waals surface area contributed by atoms with Crippen LogP contribution in [0.1, 0.15) is 44.6 Å². The molecule has 4 rings (SSSR count). The lowest BCUT2D eigenvalue weighted by molar-refractivity contribution is -0.170. The Balaban J connectivity index is 1.62. The van der Waals surface area contributed by atoms with E-state index in [2.05, 4.69) is 15.3 Å². The first kappa shape index (κ1) is 27.3. The van der Waals surface area contributed by atoms with Crippen molar-refractivity contribution in [2.24, 2.45) is 11.8 Å². The second-order valence-electron chi connectivity index (χ2n) is 9.71.